The van der Waals surface area contributed by atoms with Crippen molar-refractivity contribution in [1.82, 2.24) is 9.78 Å². The fraction of sp³-hybridized carbons (Fsp3) is 0.286. The second kappa shape index (κ2) is 6.58. The molecule has 7 heteroatoms. The van der Waals surface area contributed by atoms with E-state index in [1.165, 1.54) is 10.7 Å². The highest BCUT2D eigenvalue weighted by atomic mass is 79.9. The molecule has 2 aromatic rings. The molecule has 0 bridgehead atoms. The van der Waals surface area contributed by atoms with Gasteiger partial charge in [0.25, 0.3) is 5.56 Å². The summed E-state index contributed by atoms with van der Waals surface area (Å²) in [5.41, 5.74) is 1.19. The van der Waals surface area contributed by atoms with Gasteiger partial charge in [0, 0.05) is 6.54 Å². The maximum Gasteiger partial charge on any atom is 0.283 e. The van der Waals surface area contributed by atoms with E-state index in [1.807, 2.05) is 13.8 Å². The molecule has 1 heterocycles. The zero-order chi connectivity index (χ0) is 15.6. The number of aromatic nitrogens is 2. The van der Waals surface area contributed by atoms with Gasteiger partial charge in [0.15, 0.2) is 0 Å². The standard InChI is InChI=1S/C14H14BrClFN3O/c1-8(2)20-14(21)13(15)12(7-19-20)18-6-9-3-4-11(17)10(16)5-9/h3-5,7-8,18H,6H2,1-2H3. The van der Waals surface area contributed by atoms with E-state index in [9.17, 15) is 9.18 Å². The maximum atomic E-state index is 13.1. The summed E-state index contributed by atoms with van der Waals surface area (Å²) in [6, 6.07) is 4.47. The van der Waals surface area contributed by atoms with Crippen molar-refractivity contribution in [2.45, 2.75) is 26.4 Å². The van der Waals surface area contributed by atoms with Gasteiger partial charge in [-0.3, -0.25) is 4.79 Å². The molecule has 0 saturated carbocycles. The number of nitrogens with zero attached hydrogens (tertiary/aromatic N) is 2. The third-order valence-corrected chi connectivity index (χ3v) is 3.96. The number of anilines is 1. The van der Waals surface area contributed by atoms with E-state index in [4.69, 9.17) is 11.6 Å². The molecular weight excluding hydrogens is 361 g/mol. The van der Waals surface area contributed by atoms with E-state index in [2.05, 4.69) is 26.3 Å². The van der Waals surface area contributed by atoms with E-state index in [0.29, 0.717) is 16.7 Å². The topological polar surface area (TPSA) is 46.9 Å². The second-order valence-corrected chi connectivity index (χ2v) is 6.02. The van der Waals surface area contributed by atoms with Crippen molar-refractivity contribution in [3.05, 3.63) is 55.6 Å². The molecule has 112 valence electrons. The molecule has 2 rings (SSSR count). The van der Waals surface area contributed by atoms with Gasteiger partial charge in [-0.1, -0.05) is 17.7 Å². The molecule has 0 aliphatic heterocycles. The Balaban J connectivity index is 2.19. The van der Waals surface area contributed by atoms with Gasteiger partial charge >= 0.3 is 0 Å². The Morgan fingerprint density at radius 1 is 1.48 bits per heavy atom. The predicted molar refractivity (Wildman–Crippen MR) is 85.3 cm³/mol. The first kappa shape index (κ1) is 16.0. The Morgan fingerprint density at radius 3 is 2.81 bits per heavy atom. The number of nitrogens with one attached hydrogen (secondary N) is 1. The average molecular weight is 375 g/mol. The van der Waals surface area contributed by atoms with E-state index < -0.39 is 5.82 Å². The predicted octanol–water partition coefficient (Wildman–Crippen LogP) is 3.99. The van der Waals surface area contributed by atoms with Crippen molar-refractivity contribution in [3.63, 3.8) is 0 Å². The third-order valence-electron chi connectivity index (χ3n) is 2.90. The van der Waals surface area contributed by atoms with Crippen molar-refractivity contribution in [2.75, 3.05) is 5.32 Å². The highest BCUT2D eigenvalue weighted by Crippen LogP contribution is 2.20. The summed E-state index contributed by atoms with van der Waals surface area (Å²) in [6.45, 7) is 4.17. The lowest BCUT2D eigenvalue weighted by Crippen LogP contribution is -2.26. The summed E-state index contributed by atoms with van der Waals surface area (Å²) in [7, 11) is 0. The lowest BCUT2D eigenvalue weighted by Gasteiger charge is -2.12. The minimum absolute atomic E-state index is 0.0150. The monoisotopic (exact) mass is 373 g/mol. The van der Waals surface area contributed by atoms with Crippen LogP contribution in [0.1, 0.15) is 25.5 Å². The SMILES string of the molecule is CC(C)n1ncc(NCc2ccc(F)c(Cl)c2)c(Br)c1=O. The number of rotatable bonds is 4. The van der Waals surface area contributed by atoms with Gasteiger partial charge in [0.1, 0.15) is 10.3 Å². The van der Waals surface area contributed by atoms with Gasteiger partial charge in [-0.05, 0) is 47.5 Å². The van der Waals surface area contributed by atoms with Crippen LogP contribution in [-0.2, 0) is 6.54 Å². The van der Waals surface area contributed by atoms with Crippen LogP contribution >= 0.6 is 27.5 Å². The number of hydrogen-bond acceptors (Lipinski definition) is 3. The first-order valence-corrected chi connectivity index (χ1v) is 7.52. The Hall–Kier alpha value is -1.40. The first-order chi connectivity index (χ1) is 9.90. The molecule has 0 radical (unpaired) electrons. The Bertz CT molecular complexity index is 718. The minimum atomic E-state index is -0.456. The largest absolute Gasteiger partial charge is 0.379 e. The van der Waals surface area contributed by atoms with Crippen LogP contribution in [0.2, 0.25) is 5.02 Å². The molecular formula is C14H14BrClFN3O. The Labute approximate surface area is 135 Å². The van der Waals surface area contributed by atoms with Crippen LogP contribution in [0.15, 0.2) is 33.7 Å². The van der Waals surface area contributed by atoms with E-state index in [-0.39, 0.29) is 16.6 Å². The molecule has 0 atom stereocenters. The molecule has 1 aromatic carbocycles. The van der Waals surface area contributed by atoms with Crippen molar-refractivity contribution < 1.29 is 4.39 Å². The van der Waals surface area contributed by atoms with Gasteiger partial charge in [0.2, 0.25) is 0 Å². The summed E-state index contributed by atoms with van der Waals surface area (Å²) in [4.78, 5) is 12.1. The van der Waals surface area contributed by atoms with Gasteiger partial charge in [-0.15, -0.1) is 0 Å². The highest BCUT2D eigenvalue weighted by molar-refractivity contribution is 9.10. The van der Waals surface area contributed by atoms with E-state index >= 15 is 0 Å². The zero-order valence-electron chi connectivity index (χ0n) is 11.5. The van der Waals surface area contributed by atoms with Crippen LogP contribution in [0.5, 0.6) is 0 Å². The van der Waals surface area contributed by atoms with Crippen LogP contribution in [0.3, 0.4) is 0 Å². The van der Waals surface area contributed by atoms with Crippen LogP contribution < -0.4 is 10.9 Å². The van der Waals surface area contributed by atoms with Crippen molar-refractivity contribution in [2.24, 2.45) is 0 Å². The second-order valence-electron chi connectivity index (χ2n) is 4.82. The molecule has 4 nitrogen and oxygen atoms in total. The fourth-order valence-electron chi connectivity index (χ4n) is 1.78. The van der Waals surface area contributed by atoms with Gasteiger partial charge < -0.3 is 5.32 Å². The highest BCUT2D eigenvalue weighted by Gasteiger charge is 2.10. The van der Waals surface area contributed by atoms with Gasteiger partial charge in [-0.2, -0.15) is 5.10 Å². The molecule has 1 N–H and O–H groups in total. The van der Waals surface area contributed by atoms with E-state index in [1.54, 1.807) is 18.3 Å². The summed E-state index contributed by atoms with van der Waals surface area (Å²) in [6.07, 6.45) is 1.58. The molecule has 0 spiro atoms. The van der Waals surface area contributed by atoms with Crippen LogP contribution in [-0.4, -0.2) is 9.78 Å². The van der Waals surface area contributed by atoms with Gasteiger partial charge in [0.05, 0.1) is 22.9 Å². The number of halogens is 3. The fourth-order valence-corrected chi connectivity index (χ4v) is 2.41. The van der Waals surface area contributed by atoms with E-state index in [0.717, 1.165) is 5.56 Å². The lowest BCUT2D eigenvalue weighted by molar-refractivity contribution is 0.501. The third kappa shape index (κ3) is 3.63. The van der Waals surface area contributed by atoms with Crippen molar-refractivity contribution in [1.29, 1.82) is 0 Å². The summed E-state index contributed by atoms with van der Waals surface area (Å²) >= 11 is 9.01. The molecule has 0 fully saturated rings. The molecule has 0 aliphatic rings. The number of hydrogen-bond donors (Lipinski definition) is 1. The first-order valence-electron chi connectivity index (χ1n) is 6.35. The van der Waals surface area contributed by atoms with Crippen LogP contribution in [0, 0.1) is 5.82 Å². The average Bonchev–Trinajstić information content (AvgIpc) is 2.43. The maximum absolute atomic E-state index is 13.1. The molecule has 0 unspecified atom stereocenters. The quantitative estimate of drug-likeness (QED) is 0.880. The Morgan fingerprint density at radius 2 is 2.19 bits per heavy atom. The number of benzene rings is 1. The normalized spacial score (nSPS) is 11.0. The van der Waals surface area contributed by atoms with Crippen LogP contribution in [0.25, 0.3) is 0 Å². The zero-order valence-corrected chi connectivity index (χ0v) is 13.9. The van der Waals surface area contributed by atoms with Crippen molar-refractivity contribution >= 4 is 33.2 Å². The van der Waals surface area contributed by atoms with Crippen LogP contribution in [0.4, 0.5) is 10.1 Å². The lowest BCUT2D eigenvalue weighted by atomic mass is 10.2. The summed E-state index contributed by atoms with van der Waals surface area (Å²) in [5, 5.41) is 7.26. The summed E-state index contributed by atoms with van der Waals surface area (Å²) < 4.78 is 14.9. The molecule has 0 aliphatic carbocycles. The summed E-state index contributed by atoms with van der Waals surface area (Å²) in [5.74, 6) is -0.456. The molecule has 1 aromatic heterocycles. The molecule has 21 heavy (non-hydrogen) atoms. The smallest absolute Gasteiger partial charge is 0.283 e. The molecule has 0 amide bonds. The molecule has 0 saturated heterocycles. The Kier molecular flexibility index (Phi) is 5.00. The minimum Gasteiger partial charge on any atom is -0.379 e. The van der Waals surface area contributed by atoms with Crippen molar-refractivity contribution in [3.8, 4) is 0 Å². The van der Waals surface area contributed by atoms with Gasteiger partial charge in [-0.25, -0.2) is 9.07 Å².